The van der Waals surface area contributed by atoms with Gasteiger partial charge in [-0.25, -0.2) is 0 Å². The maximum absolute atomic E-state index is 14.1. The number of quaternary nitrogens is 1. The van der Waals surface area contributed by atoms with Crippen LogP contribution in [-0.2, 0) is 19.3 Å². The van der Waals surface area contributed by atoms with Crippen LogP contribution in [0.4, 0.5) is 13.2 Å². The van der Waals surface area contributed by atoms with Crippen LogP contribution in [-0.4, -0.2) is 18.3 Å². The van der Waals surface area contributed by atoms with E-state index in [1.165, 1.54) is 24.3 Å². The predicted molar refractivity (Wildman–Crippen MR) is 132 cm³/mol. The molecule has 4 aromatic rings. The van der Waals surface area contributed by atoms with Crippen LogP contribution in [0.25, 0.3) is 11.0 Å². The lowest BCUT2D eigenvalue weighted by atomic mass is 10.1. The number of hydrogen-bond donors (Lipinski definition) is 2. The molecule has 0 amide bonds. The fourth-order valence-corrected chi connectivity index (χ4v) is 4.10. The normalized spacial score (nSPS) is 12.5. The number of halogens is 3. The van der Waals surface area contributed by atoms with E-state index in [-0.39, 0.29) is 46.9 Å². The molecule has 0 aliphatic heterocycles. The number of alkyl halides is 3. The molecule has 1 unspecified atom stereocenters. The van der Waals surface area contributed by atoms with E-state index >= 15 is 0 Å². The lowest BCUT2D eigenvalue weighted by Gasteiger charge is -2.20. The van der Waals surface area contributed by atoms with E-state index in [1.54, 1.807) is 19.1 Å². The van der Waals surface area contributed by atoms with Crippen LogP contribution in [0.5, 0.6) is 23.0 Å². The van der Waals surface area contributed by atoms with Crippen molar-refractivity contribution in [3.8, 4) is 23.0 Å². The molecule has 37 heavy (non-hydrogen) atoms. The molecule has 0 fully saturated rings. The van der Waals surface area contributed by atoms with Crippen LogP contribution in [0.15, 0.2) is 75.9 Å². The zero-order chi connectivity index (χ0) is 26.6. The Morgan fingerprint density at radius 1 is 0.919 bits per heavy atom. The van der Waals surface area contributed by atoms with E-state index in [9.17, 15) is 23.1 Å². The maximum atomic E-state index is 14.1. The Labute approximate surface area is 211 Å². The summed E-state index contributed by atoms with van der Waals surface area (Å²) in [6.07, 6.45) is -5.03. The molecule has 6 nitrogen and oxygen atoms in total. The van der Waals surface area contributed by atoms with Crippen LogP contribution < -0.4 is 19.8 Å². The number of aromatic hydroxyl groups is 1. The Morgan fingerprint density at radius 3 is 2.24 bits per heavy atom. The summed E-state index contributed by atoms with van der Waals surface area (Å²) in [5.74, 6) is -2.69. The fourth-order valence-electron chi connectivity index (χ4n) is 4.10. The third-order valence-electron chi connectivity index (χ3n) is 5.94. The molecule has 9 heteroatoms. The quantitative estimate of drug-likeness (QED) is 0.317. The lowest BCUT2D eigenvalue weighted by Crippen LogP contribution is -3.09. The standard InChI is InChI=1S/C28H26F3NO5/c1-3-32(16-18-10-6-5-7-11-18)17-20-21(33)15-14-19-24(34)26(27(28(29,30)31)37-25(19)20)36-23-13-9-8-12-22(23)35-4-2/h5-15,33H,3-4,16-17H2,1-2H3/p+1. The molecule has 2 N–H and O–H groups in total. The minimum atomic E-state index is -5.03. The van der Waals surface area contributed by atoms with Crippen LogP contribution >= 0.6 is 0 Å². The number of hydrogen-bond acceptors (Lipinski definition) is 5. The first-order chi connectivity index (χ1) is 17.7. The van der Waals surface area contributed by atoms with Crippen molar-refractivity contribution < 1.29 is 37.1 Å². The molecule has 0 radical (unpaired) electrons. The third-order valence-corrected chi connectivity index (χ3v) is 5.94. The summed E-state index contributed by atoms with van der Waals surface area (Å²) in [7, 11) is 0. The maximum Gasteiger partial charge on any atom is 0.453 e. The number of fused-ring (bicyclic) bond motifs is 1. The first-order valence-electron chi connectivity index (χ1n) is 11.9. The van der Waals surface area contributed by atoms with E-state index < -0.39 is 23.1 Å². The molecule has 0 bridgehead atoms. The molecule has 0 spiro atoms. The molecule has 0 saturated heterocycles. The number of phenols is 1. The number of nitrogens with one attached hydrogen (secondary N) is 1. The highest BCUT2D eigenvalue weighted by molar-refractivity contribution is 5.83. The van der Waals surface area contributed by atoms with Gasteiger partial charge in [-0.15, -0.1) is 0 Å². The predicted octanol–water partition coefficient (Wildman–Crippen LogP) is 5.31. The van der Waals surface area contributed by atoms with Crippen molar-refractivity contribution in [3.05, 3.63) is 93.8 Å². The van der Waals surface area contributed by atoms with Crippen LogP contribution in [0.3, 0.4) is 0 Å². The van der Waals surface area contributed by atoms with E-state index in [0.29, 0.717) is 13.1 Å². The fraction of sp³-hybridized carbons (Fsp3) is 0.250. The van der Waals surface area contributed by atoms with Gasteiger partial charge < -0.3 is 23.9 Å². The van der Waals surface area contributed by atoms with Crippen molar-refractivity contribution in [2.75, 3.05) is 13.2 Å². The summed E-state index contributed by atoms with van der Waals surface area (Å²) < 4.78 is 58.7. The summed E-state index contributed by atoms with van der Waals surface area (Å²) in [4.78, 5) is 14.3. The van der Waals surface area contributed by atoms with Crippen molar-refractivity contribution >= 4 is 11.0 Å². The molecule has 194 valence electrons. The van der Waals surface area contributed by atoms with Gasteiger partial charge in [-0.1, -0.05) is 42.5 Å². The summed E-state index contributed by atoms with van der Waals surface area (Å²) >= 11 is 0. The molecule has 4 rings (SSSR count). The molecule has 1 atom stereocenters. The van der Waals surface area contributed by atoms with Gasteiger partial charge in [0.25, 0.3) is 5.76 Å². The average Bonchev–Trinajstić information content (AvgIpc) is 2.87. The molecule has 1 aromatic heterocycles. The second-order valence-electron chi connectivity index (χ2n) is 8.45. The number of phenolic OH excluding ortho intramolecular Hbond substituents is 1. The minimum Gasteiger partial charge on any atom is -0.507 e. The zero-order valence-electron chi connectivity index (χ0n) is 20.4. The van der Waals surface area contributed by atoms with Gasteiger partial charge in [0.15, 0.2) is 17.1 Å². The summed E-state index contributed by atoms with van der Waals surface area (Å²) in [6, 6.07) is 18.2. The Bertz CT molecular complexity index is 1430. The van der Waals surface area contributed by atoms with Crippen molar-refractivity contribution in [2.24, 2.45) is 0 Å². The first kappa shape index (κ1) is 26.1. The molecular weight excluding hydrogens is 487 g/mol. The van der Waals surface area contributed by atoms with E-state index in [2.05, 4.69) is 0 Å². The highest BCUT2D eigenvalue weighted by atomic mass is 19.4. The number of rotatable bonds is 9. The zero-order valence-corrected chi connectivity index (χ0v) is 20.4. The van der Waals surface area contributed by atoms with Gasteiger partial charge in [-0.3, -0.25) is 4.79 Å². The molecule has 0 aliphatic rings. The van der Waals surface area contributed by atoms with Gasteiger partial charge in [0.05, 0.1) is 24.1 Å². The highest BCUT2D eigenvalue weighted by Gasteiger charge is 2.41. The SMILES string of the molecule is CCOc1ccccc1Oc1c(C(F)(F)F)oc2c(C[NH+](CC)Cc3ccccc3)c(O)ccc2c1=O. The Balaban J connectivity index is 1.83. The van der Waals surface area contributed by atoms with E-state index in [0.717, 1.165) is 10.5 Å². The monoisotopic (exact) mass is 514 g/mol. The van der Waals surface area contributed by atoms with Gasteiger partial charge in [-0.2, -0.15) is 13.2 Å². The molecule has 1 heterocycles. The lowest BCUT2D eigenvalue weighted by molar-refractivity contribution is -0.925. The Hall–Kier alpha value is -3.98. The Morgan fingerprint density at radius 2 is 1.59 bits per heavy atom. The Kier molecular flexibility index (Phi) is 7.73. The van der Waals surface area contributed by atoms with Crippen LogP contribution in [0.2, 0.25) is 0 Å². The second-order valence-corrected chi connectivity index (χ2v) is 8.45. The van der Waals surface area contributed by atoms with Crippen LogP contribution in [0, 0.1) is 0 Å². The van der Waals surface area contributed by atoms with E-state index in [1.807, 2.05) is 37.3 Å². The number of ether oxygens (including phenoxy) is 2. The second kappa shape index (κ2) is 11.0. The largest absolute Gasteiger partial charge is 0.507 e. The summed E-state index contributed by atoms with van der Waals surface area (Å²) in [5, 5.41) is 10.5. The average molecular weight is 515 g/mol. The molecule has 3 aromatic carbocycles. The number of benzene rings is 3. The smallest absolute Gasteiger partial charge is 0.453 e. The van der Waals surface area contributed by atoms with Gasteiger partial charge in [-0.05, 0) is 38.1 Å². The van der Waals surface area contributed by atoms with Gasteiger partial charge >= 0.3 is 6.18 Å². The van der Waals surface area contributed by atoms with Crippen molar-refractivity contribution in [3.63, 3.8) is 0 Å². The van der Waals surface area contributed by atoms with Gasteiger partial charge in [0.2, 0.25) is 11.2 Å². The topological polar surface area (TPSA) is 73.3 Å². The molecular formula is C28H27F3NO5+. The van der Waals surface area contributed by atoms with Crippen molar-refractivity contribution in [1.29, 1.82) is 0 Å². The van der Waals surface area contributed by atoms with Crippen LogP contribution in [0.1, 0.15) is 30.7 Å². The van der Waals surface area contributed by atoms with Crippen molar-refractivity contribution in [2.45, 2.75) is 33.1 Å². The third kappa shape index (κ3) is 5.72. The minimum absolute atomic E-state index is 0.0510. The van der Waals surface area contributed by atoms with Gasteiger partial charge in [0, 0.05) is 5.56 Å². The highest BCUT2D eigenvalue weighted by Crippen LogP contribution is 2.41. The molecule has 0 aliphatic carbocycles. The first-order valence-corrected chi connectivity index (χ1v) is 11.9. The van der Waals surface area contributed by atoms with E-state index in [4.69, 9.17) is 13.9 Å². The molecule has 0 saturated carbocycles. The number of para-hydroxylation sites is 2. The van der Waals surface area contributed by atoms with Gasteiger partial charge in [0.1, 0.15) is 18.8 Å². The summed E-state index contributed by atoms with van der Waals surface area (Å²) in [5.41, 5.74) is -0.168. The summed E-state index contributed by atoms with van der Waals surface area (Å²) in [6.45, 7) is 5.23. The van der Waals surface area contributed by atoms with Crippen molar-refractivity contribution in [1.82, 2.24) is 0 Å².